The van der Waals surface area contributed by atoms with Gasteiger partial charge in [0.25, 0.3) is 5.89 Å². The van der Waals surface area contributed by atoms with E-state index >= 15 is 0 Å². The first-order valence-corrected chi connectivity index (χ1v) is 8.42. The highest BCUT2D eigenvalue weighted by Crippen LogP contribution is 2.30. The second kappa shape index (κ2) is 6.48. The molecule has 4 rings (SSSR count). The molecule has 1 aliphatic rings. The van der Waals surface area contributed by atoms with Gasteiger partial charge in [0.05, 0.1) is 0 Å². The van der Waals surface area contributed by atoms with E-state index in [9.17, 15) is 0 Å². The first-order chi connectivity index (χ1) is 11.8. The molecule has 0 N–H and O–H groups in total. The second-order valence-corrected chi connectivity index (χ2v) is 6.26. The Bertz CT molecular complexity index is 837. The molecule has 1 heterocycles. The van der Waals surface area contributed by atoms with Crippen molar-refractivity contribution in [3.63, 3.8) is 0 Å². The quantitative estimate of drug-likeness (QED) is 0.710. The van der Waals surface area contributed by atoms with Crippen LogP contribution in [-0.2, 0) is 19.4 Å². The lowest BCUT2D eigenvalue weighted by molar-refractivity contribution is 0.261. The molecule has 4 nitrogen and oxygen atoms in total. The van der Waals surface area contributed by atoms with Crippen molar-refractivity contribution in [2.75, 3.05) is 0 Å². The minimum Gasteiger partial charge on any atom is -0.484 e. The Morgan fingerprint density at radius 2 is 1.83 bits per heavy atom. The Balaban J connectivity index is 1.48. The van der Waals surface area contributed by atoms with Crippen molar-refractivity contribution in [1.29, 1.82) is 0 Å². The van der Waals surface area contributed by atoms with Gasteiger partial charge >= 0.3 is 0 Å². The molecule has 0 saturated carbocycles. The number of hydrogen-bond acceptors (Lipinski definition) is 4. The lowest BCUT2D eigenvalue weighted by atomic mass is 9.91. The molecular formula is C20H20N2O2. The third-order valence-corrected chi connectivity index (χ3v) is 4.47. The third kappa shape index (κ3) is 3.04. The molecule has 122 valence electrons. The number of nitrogens with zero attached hydrogens (tertiary/aromatic N) is 2. The molecule has 0 spiro atoms. The molecule has 0 unspecified atom stereocenters. The SMILES string of the molecule is Cc1ccc(-c2nnc(COc3cccc4c3CCCC4)o2)cc1. The van der Waals surface area contributed by atoms with Gasteiger partial charge in [-0.2, -0.15) is 0 Å². The Labute approximate surface area is 141 Å². The zero-order valence-corrected chi connectivity index (χ0v) is 13.8. The van der Waals surface area contributed by atoms with E-state index < -0.39 is 0 Å². The van der Waals surface area contributed by atoms with Crippen LogP contribution in [0, 0.1) is 6.92 Å². The van der Waals surface area contributed by atoms with Gasteiger partial charge < -0.3 is 9.15 Å². The topological polar surface area (TPSA) is 48.2 Å². The summed E-state index contributed by atoms with van der Waals surface area (Å²) in [6.07, 6.45) is 4.72. The van der Waals surface area contributed by atoms with Crippen molar-refractivity contribution in [3.05, 3.63) is 65.0 Å². The van der Waals surface area contributed by atoms with Crippen LogP contribution in [0.3, 0.4) is 0 Å². The number of aryl methyl sites for hydroxylation is 2. The van der Waals surface area contributed by atoms with Gasteiger partial charge in [0.15, 0.2) is 6.61 Å². The number of benzene rings is 2. The summed E-state index contributed by atoms with van der Waals surface area (Å²) in [4.78, 5) is 0. The molecule has 24 heavy (non-hydrogen) atoms. The first-order valence-electron chi connectivity index (χ1n) is 8.42. The molecule has 0 aliphatic heterocycles. The van der Waals surface area contributed by atoms with Crippen LogP contribution in [0.15, 0.2) is 46.9 Å². The van der Waals surface area contributed by atoms with E-state index in [0.29, 0.717) is 18.4 Å². The molecule has 0 radical (unpaired) electrons. The predicted molar refractivity (Wildman–Crippen MR) is 91.9 cm³/mol. The summed E-state index contributed by atoms with van der Waals surface area (Å²) in [5.74, 6) is 1.98. The fourth-order valence-electron chi connectivity index (χ4n) is 3.15. The maximum Gasteiger partial charge on any atom is 0.254 e. The zero-order valence-electron chi connectivity index (χ0n) is 13.8. The minimum atomic E-state index is 0.301. The van der Waals surface area contributed by atoms with E-state index in [1.807, 2.05) is 30.3 Å². The van der Waals surface area contributed by atoms with Crippen LogP contribution in [0.1, 0.15) is 35.4 Å². The van der Waals surface area contributed by atoms with Crippen molar-refractivity contribution in [2.24, 2.45) is 0 Å². The molecule has 0 saturated heterocycles. The molecular weight excluding hydrogens is 300 g/mol. The van der Waals surface area contributed by atoms with Crippen LogP contribution in [-0.4, -0.2) is 10.2 Å². The summed E-state index contributed by atoms with van der Waals surface area (Å²) in [5.41, 5.74) is 4.87. The monoisotopic (exact) mass is 320 g/mol. The normalized spacial score (nSPS) is 13.5. The van der Waals surface area contributed by atoms with Gasteiger partial charge in [-0.1, -0.05) is 29.8 Å². The van der Waals surface area contributed by atoms with Crippen LogP contribution in [0.2, 0.25) is 0 Å². The lowest BCUT2D eigenvalue weighted by Gasteiger charge is -2.18. The maximum absolute atomic E-state index is 5.96. The van der Waals surface area contributed by atoms with E-state index in [0.717, 1.165) is 24.2 Å². The number of aromatic nitrogens is 2. The Morgan fingerprint density at radius 3 is 2.71 bits per heavy atom. The average Bonchev–Trinajstić information content (AvgIpc) is 3.09. The molecule has 4 heteroatoms. The molecule has 2 aromatic carbocycles. The van der Waals surface area contributed by atoms with Crippen molar-refractivity contribution in [2.45, 2.75) is 39.2 Å². The maximum atomic E-state index is 5.96. The van der Waals surface area contributed by atoms with Gasteiger partial charge in [0.2, 0.25) is 5.89 Å². The molecule has 1 aliphatic carbocycles. The van der Waals surface area contributed by atoms with E-state index in [1.54, 1.807) is 0 Å². The van der Waals surface area contributed by atoms with Gasteiger partial charge in [0.1, 0.15) is 5.75 Å². The predicted octanol–water partition coefficient (Wildman–Crippen LogP) is 4.50. The van der Waals surface area contributed by atoms with Crippen LogP contribution in [0.5, 0.6) is 5.75 Å². The number of rotatable bonds is 4. The summed E-state index contributed by atoms with van der Waals surface area (Å²) >= 11 is 0. The molecule has 0 fully saturated rings. The first kappa shape index (κ1) is 14.9. The molecule has 3 aromatic rings. The number of hydrogen-bond donors (Lipinski definition) is 0. The summed E-state index contributed by atoms with van der Waals surface area (Å²) in [6, 6.07) is 14.3. The number of ether oxygens (including phenoxy) is 1. The van der Waals surface area contributed by atoms with Crippen LogP contribution in [0.25, 0.3) is 11.5 Å². The van der Waals surface area contributed by atoms with E-state index in [4.69, 9.17) is 9.15 Å². The van der Waals surface area contributed by atoms with Crippen LogP contribution in [0.4, 0.5) is 0 Å². The van der Waals surface area contributed by atoms with E-state index in [-0.39, 0.29) is 0 Å². The van der Waals surface area contributed by atoms with Gasteiger partial charge in [-0.3, -0.25) is 0 Å². The minimum absolute atomic E-state index is 0.301. The summed E-state index contributed by atoms with van der Waals surface area (Å²) in [5, 5.41) is 8.22. The van der Waals surface area contributed by atoms with E-state index in [2.05, 4.69) is 29.3 Å². The molecule has 0 amide bonds. The van der Waals surface area contributed by atoms with Crippen LogP contribution >= 0.6 is 0 Å². The highest BCUT2D eigenvalue weighted by Gasteiger charge is 2.15. The summed E-state index contributed by atoms with van der Waals surface area (Å²) in [6.45, 7) is 2.35. The van der Waals surface area contributed by atoms with Crippen molar-refractivity contribution < 1.29 is 9.15 Å². The van der Waals surface area contributed by atoms with Gasteiger partial charge in [0, 0.05) is 5.56 Å². The Hall–Kier alpha value is -2.62. The summed E-state index contributed by atoms with van der Waals surface area (Å²) < 4.78 is 11.7. The number of fused-ring (bicyclic) bond motifs is 1. The smallest absolute Gasteiger partial charge is 0.254 e. The Morgan fingerprint density at radius 1 is 1.00 bits per heavy atom. The van der Waals surface area contributed by atoms with E-state index in [1.165, 1.54) is 29.5 Å². The van der Waals surface area contributed by atoms with Gasteiger partial charge in [-0.05, 0) is 61.9 Å². The second-order valence-electron chi connectivity index (χ2n) is 6.26. The van der Waals surface area contributed by atoms with Crippen LogP contribution < -0.4 is 4.74 Å². The van der Waals surface area contributed by atoms with Crippen molar-refractivity contribution in [1.82, 2.24) is 10.2 Å². The van der Waals surface area contributed by atoms with Crippen molar-refractivity contribution >= 4 is 0 Å². The molecule has 0 atom stereocenters. The fourth-order valence-corrected chi connectivity index (χ4v) is 3.15. The Kier molecular flexibility index (Phi) is 4.03. The highest BCUT2D eigenvalue weighted by atomic mass is 16.5. The fraction of sp³-hybridized carbons (Fsp3) is 0.300. The third-order valence-electron chi connectivity index (χ3n) is 4.47. The van der Waals surface area contributed by atoms with Gasteiger partial charge in [-0.15, -0.1) is 10.2 Å². The zero-order chi connectivity index (χ0) is 16.4. The standard InChI is InChI=1S/C20H20N2O2/c1-14-9-11-16(12-10-14)20-22-21-19(24-20)13-23-18-8-4-6-15-5-2-3-7-17(15)18/h4,6,8-12H,2-3,5,7,13H2,1H3. The highest BCUT2D eigenvalue weighted by molar-refractivity contribution is 5.52. The average molecular weight is 320 g/mol. The molecule has 0 bridgehead atoms. The van der Waals surface area contributed by atoms with Gasteiger partial charge in [-0.25, -0.2) is 0 Å². The molecule has 1 aromatic heterocycles. The summed E-state index contributed by atoms with van der Waals surface area (Å²) in [7, 11) is 0. The van der Waals surface area contributed by atoms with Crippen molar-refractivity contribution in [3.8, 4) is 17.2 Å². The lowest BCUT2D eigenvalue weighted by Crippen LogP contribution is -2.06. The largest absolute Gasteiger partial charge is 0.484 e.